The number of hydrogen-bond acceptors (Lipinski definition) is 11. The first-order chi connectivity index (χ1) is 21.0. The number of hydrogen-bond donors (Lipinski definition) is 4. The van der Waals surface area contributed by atoms with Crippen molar-refractivity contribution in [3.8, 4) is 0 Å². The molecule has 1 amide bonds. The maximum Gasteiger partial charge on any atom is 0.323 e. The van der Waals surface area contributed by atoms with Gasteiger partial charge in [0, 0.05) is 18.3 Å². The summed E-state index contributed by atoms with van der Waals surface area (Å²) in [5.41, 5.74) is 0.784. The highest BCUT2D eigenvalue weighted by Crippen LogP contribution is 2.41. The highest BCUT2D eigenvalue weighted by atomic mass is 31.2. The molecule has 16 heteroatoms. The summed E-state index contributed by atoms with van der Waals surface area (Å²) < 4.78 is 32.1. The van der Waals surface area contributed by atoms with E-state index in [9.17, 15) is 24.1 Å². The van der Waals surface area contributed by atoms with Crippen molar-refractivity contribution >= 4 is 48.2 Å². The molecular weight excluding hydrogens is 593 g/mol. The zero-order valence-corrected chi connectivity index (χ0v) is 26.2. The van der Waals surface area contributed by atoms with Gasteiger partial charge in [0.05, 0.1) is 30.4 Å². The topological polar surface area (TPSA) is 196 Å². The molecule has 4 heterocycles. The van der Waals surface area contributed by atoms with Gasteiger partial charge in [-0.3, -0.25) is 18.9 Å². The van der Waals surface area contributed by atoms with Crippen molar-refractivity contribution in [1.82, 2.24) is 29.9 Å². The van der Waals surface area contributed by atoms with Gasteiger partial charge in [0.25, 0.3) is 0 Å². The van der Waals surface area contributed by atoms with E-state index in [4.69, 9.17) is 14.2 Å². The fourth-order valence-electron chi connectivity index (χ4n) is 4.63. The van der Waals surface area contributed by atoms with Crippen molar-refractivity contribution in [2.24, 2.45) is 0 Å². The third kappa shape index (κ3) is 8.16. The molecule has 0 aliphatic carbocycles. The molecule has 2 aliphatic rings. The van der Waals surface area contributed by atoms with Crippen LogP contribution in [0.3, 0.4) is 0 Å². The van der Waals surface area contributed by atoms with Gasteiger partial charge in [-0.15, -0.1) is 0 Å². The van der Waals surface area contributed by atoms with Crippen molar-refractivity contribution in [3.05, 3.63) is 30.0 Å². The van der Waals surface area contributed by atoms with E-state index in [0.717, 1.165) is 12.8 Å². The Labute approximate surface area is 255 Å². The van der Waals surface area contributed by atoms with Crippen LogP contribution in [0.4, 0.5) is 5.82 Å². The molecule has 0 aromatic carbocycles. The molecule has 1 saturated heterocycles. The smallest absolute Gasteiger partial charge is 0.323 e. The number of aromatic nitrogens is 4. The maximum absolute atomic E-state index is 14.1. The number of nitrogens with one attached hydrogen (secondary N) is 3. The number of ether oxygens (including phenoxy) is 3. The number of nitrogens with zero attached hydrogens (tertiary/aromatic N) is 4. The third-order valence-corrected chi connectivity index (χ3v) is 9.12. The Hall–Kier alpha value is -3.49. The van der Waals surface area contributed by atoms with Crippen LogP contribution >= 0.6 is 7.44 Å². The van der Waals surface area contributed by atoms with E-state index in [0.29, 0.717) is 29.6 Å². The number of esters is 2. The van der Waals surface area contributed by atoms with E-state index in [-0.39, 0.29) is 31.4 Å². The number of amides is 1. The van der Waals surface area contributed by atoms with Crippen molar-refractivity contribution in [2.45, 2.75) is 90.3 Å². The van der Waals surface area contributed by atoms with Crippen molar-refractivity contribution in [1.29, 1.82) is 0 Å². The third-order valence-electron chi connectivity index (χ3n) is 6.98. The zero-order chi connectivity index (χ0) is 31.9. The first-order valence-corrected chi connectivity index (χ1v) is 16.6. The average Bonchev–Trinajstić information content (AvgIpc) is 3.49. The molecule has 0 bridgehead atoms. The fraction of sp³-hybridized carbons (Fsp3) is 0.571. The predicted molar refractivity (Wildman–Crippen MR) is 161 cm³/mol. The first kappa shape index (κ1) is 33.4. The van der Waals surface area contributed by atoms with Crippen LogP contribution in [0, 0.1) is 0 Å². The minimum atomic E-state index is -3.77. The monoisotopic (exact) mass is 633 g/mol. The van der Waals surface area contributed by atoms with E-state index in [2.05, 4.69) is 30.6 Å². The summed E-state index contributed by atoms with van der Waals surface area (Å²) in [5.74, 6) is 0.0946. The van der Waals surface area contributed by atoms with Crippen LogP contribution in [0.5, 0.6) is 0 Å². The minimum absolute atomic E-state index is 0.131. The molecule has 6 atom stereocenters. The summed E-state index contributed by atoms with van der Waals surface area (Å²) in [4.78, 5) is 45.5. The second kappa shape index (κ2) is 15.0. The van der Waals surface area contributed by atoms with Gasteiger partial charge >= 0.3 is 11.9 Å². The lowest BCUT2D eigenvalue weighted by Gasteiger charge is -2.24. The largest absolute Gasteiger partial charge is 0.465 e. The maximum atomic E-state index is 14.1. The normalized spacial score (nSPS) is 22.4. The molecule has 4 N–H and O–H groups in total. The van der Waals surface area contributed by atoms with Gasteiger partial charge in [0.15, 0.2) is 11.9 Å². The number of anilines is 1. The summed E-state index contributed by atoms with van der Waals surface area (Å²) in [6.45, 7) is 7.46. The zero-order valence-electron chi connectivity index (χ0n) is 25.3. The Morgan fingerprint density at radius 3 is 2.39 bits per heavy atom. The number of carbonyl (C=O) groups excluding carboxylic acids is 3. The fourth-order valence-corrected chi connectivity index (χ4v) is 6.67. The van der Waals surface area contributed by atoms with Gasteiger partial charge < -0.3 is 24.6 Å². The van der Waals surface area contributed by atoms with Crippen molar-refractivity contribution < 1.29 is 38.3 Å². The molecule has 4 rings (SSSR count). The van der Waals surface area contributed by atoms with Crippen LogP contribution in [-0.2, 0) is 33.2 Å². The molecule has 0 radical (unpaired) electrons. The molecule has 44 heavy (non-hydrogen) atoms. The Kier molecular flexibility index (Phi) is 11.4. The van der Waals surface area contributed by atoms with E-state index in [1.54, 1.807) is 0 Å². The minimum Gasteiger partial charge on any atom is -0.465 e. The van der Waals surface area contributed by atoms with Crippen LogP contribution in [0.2, 0.25) is 0 Å². The molecule has 15 nitrogen and oxygen atoms in total. The molecule has 1 fully saturated rings. The van der Waals surface area contributed by atoms with Crippen LogP contribution < -0.4 is 15.5 Å². The molecule has 2 aliphatic heterocycles. The highest BCUT2D eigenvalue weighted by molar-refractivity contribution is 7.63. The summed E-state index contributed by atoms with van der Waals surface area (Å²) in [7, 11) is -3.77. The molecule has 0 saturated carbocycles. The number of aliphatic hydroxyl groups is 1. The lowest BCUT2D eigenvalue weighted by molar-refractivity contribution is -0.145. The molecular formula is C28H40N7O8P. The van der Waals surface area contributed by atoms with E-state index in [1.807, 2.05) is 13.8 Å². The summed E-state index contributed by atoms with van der Waals surface area (Å²) >= 11 is 0. The van der Waals surface area contributed by atoms with Gasteiger partial charge in [-0.25, -0.2) is 24.8 Å². The summed E-state index contributed by atoms with van der Waals surface area (Å²) in [6.07, 6.45) is 6.18. The summed E-state index contributed by atoms with van der Waals surface area (Å²) in [5, 5.41) is 24.2. The summed E-state index contributed by atoms with van der Waals surface area (Å²) in [6, 6.07) is -1.92. The van der Waals surface area contributed by atoms with Crippen LogP contribution in [0.25, 0.3) is 17.1 Å². The molecule has 0 spiro atoms. The van der Waals surface area contributed by atoms with Crippen molar-refractivity contribution in [2.75, 3.05) is 18.5 Å². The second-order valence-electron chi connectivity index (χ2n) is 10.7. The van der Waals surface area contributed by atoms with Gasteiger partial charge in [0.2, 0.25) is 13.4 Å². The predicted octanol–water partition coefficient (Wildman–Crippen LogP) is 2.79. The Morgan fingerprint density at radius 2 is 1.77 bits per heavy atom. The standard InChI is InChI=1S/C28H40N7O8P/c1-5-7-12-41-27(38)17(3)33-44(40,34-18(4)28(39)42-13-8-6-2)14-11-19-15-21(36)26(43-19)35-25-23-20(32-35)9-10-22(37)31-24(23)29-16-30-25/h9-11,14,16-19,21,26,36H,5-8,12-13,15H2,1-4H3,(H2,33,34,40)(H,29,30,31,37)/b14-11+/t17-,18?,19+,21+,26+,44?/m0/s1. The van der Waals surface area contributed by atoms with Gasteiger partial charge in [0.1, 0.15) is 30.3 Å². The Morgan fingerprint density at radius 1 is 1.14 bits per heavy atom. The van der Waals surface area contributed by atoms with Crippen LogP contribution in [0.15, 0.2) is 24.3 Å². The number of aliphatic hydroxyl groups excluding tert-OH is 1. The Balaban J connectivity index is 1.52. The lowest BCUT2D eigenvalue weighted by atomic mass is 10.2. The van der Waals surface area contributed by atoms with Crippen molar-refractivity contribution in [3.63, 3.8) is 0 Å². The highest BCUT2D eigenvalue weighted by Gasteiger charge is 2.38. The molecule has 2 aromatic heterocycles. The molecule has 2 unspecified atom stereocenters. The molecule has 240 valence electrons. The quantitative estimate of drug-likeness (QED) is 0.127. The van der Waals surface area contributed by atoms with E-state index >= 15 is 0 Å². The lowest BCUT2D eigenvalue weighted by Crippen LogP contribution is -2.41. The van der Waals surface area contributed by atoms with Crippen LogP contribution in [0.1, 0.15) is 71.7 Å². The SMILES string of the molecule is CCCCOC(=O)C(C)NP(=O)(/C=C/[C@@H]1C[C@@H](O)[C@H](n2nc3c4c(ncnc42)NC(=O)C=C3)O1)N[C@@H](C)C(=O)OCCCC. The van der Waals surface area contributed by atoms with E-state index < -0.39 is 49.9 Å². The van der Waals surface area contributed by atoms with Gasteiger partial charge in [-0.2, -0.15) is 5.10 Å². The number of carbonyl (C=O) groups is 3. The first-order valence-electron chi connectivity index (χ1n) is 14.8. The second-order valence-corrected chi connectivity index (χ2v) is 12.8. The Bertz CT molecular complexity index is 1430. The van der Waals surface area contributed by atoms with E-state index in [1.165, 1.54) is 48.9 Å². The number of unbranched alkanes of at least 4 members (excludes halogenated alkanes) is 2. The average molecular weight is 634 g/mol. The molecule has 2 aromatic rings. The van der Waals surface area contributed by atoms with Gasteiger partial charge in [-0.1, -0.05) is 26.7 Å². The van der Waals surface area contributed by atoms with Crippen LogP contribution in [-0.4, -0.2) is 80.2 Å². The number of rotatable bonds is 15. The van der Waals surface area contributed by atoms with Gasteiger partial charge in [-0.05, 0) is 38.8 Å².